The predicted molar refractivity (Wildman–Crippen MR) is 72.1 cm³/mol. The summed E-state index contributed by atoms with van der Waals surface area (Å²) >= 11 is 5.73. The molecule has 1 amide bonds. The van der Waals surface area contributed by atoms with Gasteiger partial charge in [-0.1, -0.05) is 17.3 Å². The number of anilines is 1. The van der Waals surface area contributed by atoms with Gasteiger partial charge in [-0.05, 0) is 36.7 Å². The molecule has 0 fully saturated rings. The van der Waals surface area contributed by atoms with Crippen LogP contribution in [-0.2, 0) is 0 Å². The van der Waals surface area contributed by atoms with Gasteiger partial charge in [-0.25, -0.2) is 0 Å². The van der Waals surface area contributed by atoms with Gasteiger partial charge in [0.15, 0.2) is 0 Å². The van der Waals surface area contributed by atoms with Gasteiger partial charge in [0, 0.05) is 11.3 Å². The number of oxime groups is 1. The maximum Gasteiger partial charge on any atom is 0.260 e. The molecule has 0 radical (unpaired) electrons. The smallest absolute Gasteiger partial charge is 0.260 e. The number of furan rings is 1. The Bertz CT molecular complexity index is 634. The van der Waals surface area contributed by atoms with Crippen LogP contribution in [0.1, 0.15) is 22.8 Å². The number of carbonyl (C=O) groups is 1. The van der Waals surface area contributed by atoms with Crippen LogP contribution in [0.4, 0.5) is 5.69 Å². The molecule has 2 N–H and O–H groups in total. The summed E-state index contributed by atoms with van der Waals surface area (Å²) in [6.45, 7) is 1.66. The maximum atomic E-state index is 11.9. The van der Waals surface area contributed by atoms with E-state index in [0.717, 1.165) is 0 Å². The molecule has 0 atom stereocenters. The lowest BCUT2D eigenvalue weighted by Gasteiger charge is -2.06. The Morgan fingerprint density at radius 2 is 2.21 bits per heavy atom. The van der Waals surface area contributed by atoms with Gasteiger partial charge in [-0.3, -0.25) is 4.79 Å². The Labute approximate surface area is 114 Å². The van der Waals surface area contributed by atoms with Gasteiger partial charge in [-0.15, -0.1) is 0 Å². The molecule has 6 heteroatoms. The third-order valence-corrected chi connectivity index (χ3v) is 2.84. The van der Waals surface area contributed by atoms with Crippen molar-refractivity contribution in [3.8, 4) is 0 Å². The van der Waals surface area contributed by atoms with Crippen LogP contribution in [0.5, 0.6) is 0 Å². The molecule has 1 aromatic carbocycles. The number of halogens is 1. The lowest BCUT2D eigenvalue weighted by Crippen LogP contribution is -2.11. The van der Waals surface area contributed by atoms with E-state index in [2.05, 4.69) is 10.5 Å². The maximum absolute atomic E-state index is 11.9. The van der Waals surface area contributed by atoms with Crippen LogP contribution in [0, 0.1) is 0 Å². The third-order valence-electron chi connectivity index (χ3n) is 2.55. The van der Waals surface area contributed by atoms with Crippen molar-refractivity contribution in [2.75, 3.05) is 5.32 Å². The molecule has 0 aliphatic heterocycles. The average Bonchev–Trinajstić information content (AvgIpc) is 2.84. The molecule has 0 bridgehead atoms. The standard InChI is InChI=1S/C13H11ClN2O3/c1-8(16-18)9-3-2-4-10(7-9)15-13(17)11-5-6-19-12(11)14/h2-7,18H,1H3,(H,15,17)/b16-8-. The van der Waals surface area contributed by atoms with E-state index in [-0.39, 0.29) is 16.7 Å². The van der Waals surface area contributed by atoms with Crippen LogP contribution >= 0.6 is 11.6 Å². The second-order valence-electron chi connectivity index (χ2n) is 3.83. The summed E-state index contributed by atoms with van der Waals surface area (Å²) in [5, 5.41) is 14.6. The van der Waals surface area contributed by atoms with Crippen LogP contribution in [-0.4, -0.2) is 16.8 Å². The van der Waals surface area contributed by atoms with Gasteiger partial charge in [0.25, 0.3) is 5.91 Å². The normalized spacial score (nSPS) is 11.4. The Morgan fingerprint density at radius 3 is 2.84 bits per heavy atom. The van der Waals surface area contributed by atoms with Gasteiger partial charge in [0.2, 0.25) is 5.22 Å². The lowest BCUT2D eigenvalue weighted by atomic mass is 10.1. The molecule has 0 spiro atoms. The topological polar surface area (TPSA) is 74.8 Å². The van der Waals surface area contributed by atoms with E-state index in [1.807, 2.05) is 0 Å². The molecule has 2 aromatic rings. The van der Waals surface area contributed by atoms with Crippen molar-refractivity contribution >= 4 is 28.9 Å². The molecular weight excluding hydrogens is 268 g/mol. The molecule has 0 unspecified atom stereocenters. The largest absolute Gasteiger partial charge is 0.452 e. The van der Waals surface area contributed by atoms with E-state index in [1.54, 1.807) is 31.2 Å². The van der Waals surface area contributed by atoms with Crippen LogP contribution in [0.25, 0.3) is 0 Å². The van der Waals surface area contributed by atoms with Gasteiger partial charge < -0.3 is 14.9 Å². The molecule has 0 saturated heterocycles. The first-order valence-corrected chi connectivity index (χ1v) is 5.83. The molecule has 98 valence electrons. The van der Waals surface area contributed by atoms with Crippen LogP contribution in [0.15, 0.2) is 46.2 Å². The highest BCUT2D eigenvalue weighted by Crippen LogP contribution is 2.19. The molecular formula is C13H11ClN2O3. The van der Waals surface area contributed by atoms with E-state index in [4.69, 9.17) is 21.2 Å². The van der Waals surface area contributed by atoms with E-state index in [1.165, 1.54) is 12.3 Å². The van der Waals surface area contributed by atoms with Crippen molar-refractivity contribution in [2.24, 2.45) is 5.16 Å². The molecule has 19 heavy (non-hydrogen) atoms. The van der Waals surface area contributed by atoms with Crippen LogP contribution in [0.2, 0.25) is 5.22 Å². The molecule has 0 aliphatic carbocycles. The number of hydrogen-bond acceptors (Lipinski definition) is 4. The summed E-state index contributed by atoms with van der Waals surface area (Å²) in [4.78, 5) is 11.9. The molecule has 5 nitrogen and oxygen atoms in total. The van der Waals surface area contributed by atoms with Gasteiger partial charge in [-0.2, -0.15) is 0 Å². The summed E-state index contributed by atoms with van der Waals surface area (Å²) in [5.74, 6) is -0.366. The van der Waals surface area contributed by atoms with Crippen molar-refractivity contribution in [3.05, 3.63) is 52.9 Å². The first kappa shape index (κ1) is 13.2. The van der Waals surface area contributed by atoms with Crippen molar-refractivity contribution in [3.63, 3.8) is 0 Å². The Kier molecular flexibility index (Phi) is 3.87. The Hall–Kier alpha value is -2.27. The first-order valence-electron chi connectivity index (χ1n) is 5.45. The zero-order valence-corrected chi connectivity index (χ0v) is 10.8. The third kappa shape index (κ3) is 2.95. The number of rotatable bonds is 3. The second-order valence-corrected chi connectivity index (χ2v) is 4.17. The highest BCUT2D eigenvalue weighted by atomic mass is 35.5. The average molecular weight is 279 g/mol. The predicted octanol–water partition coefficient (Wildman–Crippen LogP) is 3.38. The number of hydrogen-bond donors (Lipinski definition) is 2. The van der Waals surface area contributed by atoms with Crippen molar-refractivity contribution < 1.29 is 14.4 Å². The van der Waals surface area contributed by atoms with Crippen LogP contribution < -0.4 is 5.32 Å². The zero-order valence-electron chi connectivity index (χ0n) is 10.1. The van der Waals surface area contributed by atoms with Crippen molar-refractivity contribution in [2.45, 2.75) is 6.92 Å². The van der Waals surface area contributed by atoms with E-state index in [0.29, 0.717) is 17.0 Å². The SMILES string of the molecule is C/C(=N/O)c1cccc(NC(=O)c2ccoc2Cl)c1. The summed E-state index contributed by atoms with van der Waals surface area (Å²) in [7, 11) is 0. The summed E-state index contributed by atoms with van der Waals surface area (Å²) in [6, 6.07) is 8.43. The molecule has 0 aliphatic rings. The fraction of sp³-hybridized carbons (Fsp3) is 0.0769. The minimum Gasteiger partial charge on any atom is -0.452 e. The molecule has 1 aromatic heterocycles. The first-order chi connectivity index (χ1) is 9.11. The monoisotopic (exact) mass is 278 g/mol. The molecule has 1 heterocycles. The minimum atomic E-state index is -0.366. The van der Waals surface area contributed by atoms with Crippen molar-refractivity contribution in [1.82, 2.24) is 0 Å². The fourth-order valence-electron chi connectivity index (χ4n) is 1.53. The second kappa shape index (κ2) is 5.58. The van der Waals surface area contributed by atoms with E-state index < -0.39 is 0 Å². The number of benzene rings is 1. The number of carbonyl (C=O) groups excluding carboxylic acids is 1. The van der Waals surface area contributed by atoms with Gasteiger partial charge >= 0.3 is 0 Å². The highest BCUT2D eigenvalue weighted by Gasteiger charge is 2.13. The van der Waals surface area contributed by atoms with Gasteiger partial charge in [0.1, 0.15) is 0 Å². The highest BCUT2D eigenvalue weighted by molar-refractivity contribution is 6.32. The fourth-order valence-corrected chi connectivity index (χ4v) is 1.73. The number of nitrogens with zero attached hydrogens (tertiary/aromatic N) is 1. The summed E-state index contributed by atoms with van der Waals surface area (Å²) in [5.41, 5.74) is 2.00. The quantitative estimate of drug-likeness (QED) is 0.513. The Balaban J connectivity index is 2.20. The summed E-state index contributed by atoms with van der Waals surface area (Å²) in [6.07, 6.45) is 1.34. The van der Waals surface area contributed by atoms with Crippen LogP contribution in [0.3, 0.4) is 0 Å². The molecule has 2 rings (SSSR count). The van der Waals surface area contributed by atoms with E-state index >= 15 is 0 Å². The lowest BCUT2D eigenvalue weighted by molar-refractivity contribution is 0.102. The number of nitrogens with one attached hydrogen (secondary N) is 1. The van der Waals surface area contributed by atoms with Gasteiger partial charge in [0.05, 0.1) is 17.5 Å². The van der Waals surface area contributed by atoms with Crippen molar-refractivity contribution in [1.29, 1.82) is 0 Å². The number of amides is 1. The zero-order chi connectivity index (χ0) is 13.8. The summed E-state index contributed by atoms with van der Waals surface area (Å²) < 4.78 is 4.86. The minimum absolute atomic E-state index is 0.0433. The Morgan fingerprint density at radius 1 is 1.42 bits per heavy atom. The van der Waals surface area contributed by atoms with E-state index in [9.17, 15) is 4.79 Å². The molecule has 0 saturated carbocycles.